The molecule has 2 aromatic heterocycles. The molecule has 2 rings (SSSR count). The molecule has 106 valence electrons. The lowest BCUT2D eigenvalue weighted by Gasteiger charge is -2.09. The van der Waals surface area contributed by atoms with Gasteiger partial charge < -0.3 is 5.32 Å². The minimum absolute atomic E-state index is 0. The van der Waals surface area contributed by atoms with Crippen LogP contribution in [0.5, 0.6) is 0 Å². The summed E-state index contributed by atoms with van der Waals surface area (Å²) in [7, 11) is 1.93. The highest BCUT2D eigenvalue weighted by Crippen LogP contribution is 2.16. The second-order valence-corrected chi connectivity index (χ2v) is 4.98. The van der Waals surface area contributed by atoms with Crippen LogP contribution in [0, 0.1) is 13.8 Å². The van der Waals surface area contributed by atoms with Gasteiger partial charge in [0.15, 0.2) is 5.82 Å². The van der Waals surface area contributed by atoms with Crippen molar-refractivity contribution in [1.29, 1.82) is 0 Å². The summed E-state index contributed by atoms with van der Waals surface area (Å²) < 4.78 is 3.87. The van der Waals surface area contributed by atoms with Gasteiger partial charge in [0.25, 0.3) is 0 Å². The Morgan fingerprint density at radius 1 is 1.32 bits per heavy atom. The van der Waals surface area contributed by atoms with Crippen LogP contribution < -0.4 is 5.32 Å². The zero-order valence-electron chi connectivity index (χ0n) is 12.1. The van der Waals surface area contributed by atoms with Crippen LogP contribution in [0.2, 0.25) is 0 Å². The first-order valence-corrected chi connectivity index (χ1v) is 6.26. The molecule has 0 atom stereocenters. The van der Waals surface area contributed by atoms with Crippen LogP contribution in [-0.2, 0) is 13.6 Å². The van der Waals surface area contributed by atoms with Crippen molar-refractivity contribution in [3.8, 4) is 0 Å². The Hall–Kier alpha value is -1.49. The normalized spacial score (nSPS) is 10.6. The maximum Gasteiger partial charge on any atom is 0.151 e. The third kappa shape index (κ3) is 3.29. The largest absolute Gasteiger partial charge is 0.364 e. The van der Waals surface area contributed by atoms with E-state index in [4.69, 9.17) is 0 Å². The van der Waals surface area contributed by atoms with Crippen LogP contribution in [-0.4, -0.2) is 19.6 Å². The Morgan fingerprint density at radius 2 is 2.00 bits per heavy atom. The molecule has 0 aliphatic carbocycles. The number of halogens is 1. The van der Waals surface area contributed by atoms with E-state index < -0.39 is 0 Å². The fraction of sp³-hybridized carbons (Fsp3) is 0.538. The molecular weight excluding hydrogens is 262 g/mol. The third-order valence-electron chi connectivity index (χ3n) is 3.09. The van der Waals surface area contributed by atoms with E-state index in [1.807, 2.05) is 28.8 Å². The average Bonchev–Trinajstić information content (AvgIpc) is 2.79. The second kappa shape index (κ2) is 6.10. The lowest BCUT2D eigenvalue weighted by Crippen LogP contribution is -2.07. The van der Waals surface area contributed by atoms with E-state index >= 15 is 0 Å². The smallest absolute Gasteiger partial charge is 0.151 e. The van der Waals surface area contributed by atoms with Gasteiger partial charge >= 0.3 is 0 Å². The van der Waals surface area contributed by atoms with Crippen LogP contribution in [0.1, 0.15) is 36.7 Å². The molecule has 6 heteroatoms. The maximum absolute atomic E-state index is 4.41. The Bertz CT molecular complexity index is 541. The van der Waals surface area contributed by atoms with Gasteiger partial charge in [0.1, 0.15) is 0 Å². The van der Waals surface area contributed by atoms with Crippen molar-refractivity contribution in [3.63, 3.8) is 0 Å². The fourth-order valence-electron chi connectivity index (χ4n) is 2.11. The number of nitrogens with zero attached hydrogens (tertiary/aromatic N) is 4. The first-order valence-electron chi connectivity index (χ1n) is 6.26. The molecule has 0 unspecified atom stereocenters. The van der Waals surface area contributed by atoms with Crippen LogP contribution in [0.15, 0.2) is 12.4 Å². The van der Waals surface area contributed by atoms with Crippen molar-refractivity contribution in [2.24, 2.45) is 7.05 Å². The van der Waals surface area contributed by atoms with Gasteiger partial charge in [0.05, 0.1) is 6.20 Å². The summed E-state index contributed by atoms with van der Waals surface area (Å²) in [5, 5.41) is 12.1. The van der Waals surface area contributed by atoms with Crippen molar-refractivity contribution < 1.29 is 0 Å². The Labute approximate surface area is 120 Å². The summed E-state index contributed by atoms with van der Waals surface area (Å²) in [6.45, 7) is 9.20. The zero-order chi connectivity index (χ0) is 13.3. The van der Waals surface area contributed by atoms with Crippen molar-refractivity contribution >= 4 is 18.2 Å². The average molecular weight is 284 g/mol. The number of aromatic nitrogens is 4. The molecule has 0 saturated carbocycles. The first-order chi connectivity index (χ1) is 8.49. The Morgan fingerprint density at radius 3 is 2.47 bits per heavy atom. The van der Waals surface area contributed by atoms with Crippen molar-refractivity contribution in [3.05, 3.63) is 29.2 Å². The molecule has 5 nitrogen and oxygen atoms in total. The van der Waals surface area contributed by atoms with E-state index in [9.17, 15) is 0 Å². The van der Waals surface area contributed by atoms with Crippen molar-refractivity contribution in [1.82, 2.24) is 19.6 Å². The van der Waals surface area contributed by atoms with E-state index in [-0.39, 0.29) is 12.4 Å². The number of anilines is 1. The van der Waals surface area contributed by atoms with Gasteiger partial charge in [0.2, 0.25) is 0 Å². The van der Waals surface area contributed by atoms with Crippen LogP contribution >= 0.6 is 12.4 Å². The summed E-state index contributed by atoms with van der Waals surface area (Å²) >= 11 is 0. The minimum Gasteiger partial charge on any atom is -0.364 e. The molecule has 0 amide bonds. The van der Waals surface area contributed by atoms with Gasteiger partial charge in [0, 0.05) is 42.7 Å². The predicted octanol–water partition coefficient (Wildman–Crippen LogP) is 2.85. The third-order valence-corrected chi connectivity index (χ3v) is 3.09. The number of aryl methyl sites for hydroxylation is 2. The van der Waals surface area contributed by atoms with Crippen molar-refractivity contribution in [2.75, 3.05) is 5.32 Å². The summed E-state index contributed by atoms with van der Waals surface area (Å²) in [6, 6.07) is 0.398. The number of hydrogen-bond donors (Lipinski definition) is 1. The number of nitrogens with one attached hydrogen (secondary N) is 1. The number of rotatable bonds is 4. The molecule has 0 saturated heterocycles. The lowest BCUT2D eigenvalue weighted by atomic mass is 10.2. The van der Waals surface area contributed by atoms with Crippen molar-refractivity contribution in [2.45, 2.75) is 40.3 Å². The fourth-order valence-corrected chi connectivity index (χ4v) is 2.11. The van der Waals surface area contributed by atoms with E-state index in [1.54, 1.807) is 0 Å². The van der Waals surface area contributed by atoms with Gasteiger partial charge in [-0.15, -0.1) is 12.4 Å². The molecule has 0 aromatic carbocycles. The van der Waals surface area contributed by atoms with Gasteiger partial charge in [-0.2, -0.15) is 10.2 Å². The maximum atomic E-state index is 4.41. The Kier molecular flexibility index (Phi) is 5.00. The molecule has 0 aliphatic heterocycles. The molecule has 2 aromatic rings. The molecule has 0 spiro atoms. The summed E-state index contributed by atoms with van der Waals surface area (Å²) in [5.41, 5.74) is 3.59. The first kappa shape index (κ1) is 15.6. The minimum atomic E-state index is 0. The number of hydrogen-bond acceptors (Lipinski definition) is 3. The predicted molar refractivity (Wildman–Crippen MR) is 79.9 cm³/mol. The molecule has 19 heavy (non-hydrogen) atoms. The summed E-state index contributed by atoms with van der Waals surface area (Å²) in [4.78, 5) is 0. The Balaban J connectivity index is 0.00000180. The monoisotopic (exact) mass is 283 g/mol. The van der Waals surface area contributed by atoms with E-state index in [0.29, 0.717) is 6.04 Å². The standard InChI is InChI=1S/C13H21N5.ClH/c1-9(2)18-11(4)12(7-15-18)6-14-13-10(3)8-17(5)16-13;/h7-9H,6H2,1-5H3,(H,14,16);1H. The second-order valence-electron chi connectivity index (χ2n) is 4.98. The van der Waals surface area contributed by atoms with Gasteiger partial charge in [-0.05, 0) is 27.7 Å². The molecule has 0 bridgehead atoms. The molecule has 0 aliphatic rings. The molecule has 1 N–H and O–H groups in total. The quantitative estimate of drug-likeness (QED) is 0.939. The highest BCUT2D eigenvalue weighted by atomic mass is 35.5. The highest BCUT2D eigenvalue weighted by molar-refractivity contribution is 5.85. The molecule has 2 heterocycles. The highest BCUT2D eigenvalue weighted by Gasteiger charge is 2.09. The zero-order valence-corrected chi connectivity index (χ0v) is 13.0. The van der Waals surface area contributed by atoms with Crippen LogP contribution in [0.4, 0.5) is 5.82 Å². The topological polar surface area (TPSA) is 47.7 Å². The van der Waals surface area contributed by atoms with E-state index in [0.717, 1.165) is 17.9 Å². The lowest BCUT2D eigenvalue weighted by molar-refractivity contribution is 0.518. The van der Waals surface area contributed by atoms with Gasteiger partial charge in [-0.25, -0.2) is 0 Å². The van der Waals surface area contributed by atoms with E-state index in [2.05, 4.69) is 43.2 Å². The summed E-state index contributed by atoms with van der Waals surface area (Å²) in [5.74, 6) is 0.939. The van der Waals surface area contributed by atoms with E-state index in [1.165, 1.54) is 11.3 Å². The molecule has 0 fully saturated rings. The van der Waals surface area contributed by atoms with Gasteiger partial charge in [-0.1, -0.05) is 0 Å². The molecule has 0 radical (unpaired) electrons. The summed E-state index contributed by atoms with van der Waals surface area (Å²) in [6.07, 6.45) is 3.94. The molecular formula is C13H22ClN5. The van der Waals surface area contributed by atoms with Gasteiger partial charge in [-0.3, -0.25) is 9.36 Å². The van der Waals surface area contributed by atoms with Crippen LogP contribution in [0.3, 0.4) is 0 Å². The van der Waals surface area contributed by atoms with Crippen LogP contribution in [0.25, 0.3) is 0 Å². The SMILES string of the molecule is Cc1cn(C)nc1NCc1cnn(C(C)C)c1C.Cl.